The van der Waals surface area contributed by atoms with Gasteiger partial charge in [-0.05, 0) is 25.0 Å². The highest BCUT2D eigenvalue weighted by molar-refractivity contribution is 7.89. The van der Waals surface area contributed by atoms with E-state index in [1.165, 1.54) is 12.1 Å². The number of benzene rings is 1. The summed E-state index contributed by atoms with van der Waals surface area (Å²) in [6.45, 7) is -0.257. The van der Waals surface area contributed by atoms with Gasteiger partial charge in [0.15, 0.2) is 0 Å². The minimum atomic E-state index is -3.67. The minimum absolute atomic E-state index is 0.0424. The first kappa shape index (κ1) is 15.9. The molecule has 1 aliphatic carbocycles. The van der Waals surface area contributed by atoms with E-state index in [-0.39, 0.29) is 35.9 Å². The zero-order chi connectivity index (χ0) is 15.3. The summed E-state index contributed by atoms with van der Waals surface area (Å²) >= 11 is 0. The molecule has 7 heteroatoms. The Labute approximate surface area is 124 Å². The molecular formula is C14H20N2O4S. The summed E-state index contributed by atoms with van der Waals surface area (Å²) in [7, 11) is -3.67. The van der Waals surface area contributed by atoms with E-state index in [1.54, 1.807) is 18.2 Å². The van der Waals surface area contributed by atoms with Crippen LogP contribution >= 0.6 is 0 Å². The predicted molar refractivity (Wildman–Crippen MR) is 78.0 cm³/mol. The first-order valence-corrected chi connectivity index (χ1v) is 8.46. The predicted octanol–water partition coefficient (Wildman–Crippen LogP) is 0.242. The van der Waals surface area contributed by atoms with Gasteiger partial charge < -0.3 is 10.4 Å². The quantitative estimate of drug-likeness (QED) is 0.701. The first-order chi connectivity index (χ1) is 10.0. The average Bonchev–Trinajstić information content (AvgIpc) is 2.93. The number of hydrogen-bond donors (Lipinski definition) is 3. The molecule has 0 bridgehead atoms. The molecule has 0 heterocycles. The van der Waals surface area contributed by atoms with Gasteiger partial charge in [-0.25, -0.2) is 13.1 Å². The van der Waals surface area contributed by atoms with Gasteiger partial charge in [0.1, 0.15) is 0 Å². The highest BCUT2D eigenvalue weighted by Crippen LogP contribution is 2.24. The Morgan fingerprint density at radius 1 is 1.24 bits per heavy atom. The highest BCUT2D eigenvalue weighted by atomic mass is 32.2. The number of aliphatic hydroxyl groups is 1. The van der Waals surface area contributed by atoms with Gasteiger partial charge in [0.2, 0.25) is 15.9 Å². The maximum absolute atomic E-state index is 12.0. The van der Waals surface area contributed by atoms with E-state index >= 15 is 0 Å². The number of hydrogen-bond acceptors (Lipinski definition) is 4. The lowest BCUT2D eigenvalue weighted by Crippen LogP contribution is -2.44. The maximum atomic E-state index is 12.0. The Hall–Kier alpha value is -1.44. The summed E-state index contributed by atoms with van der Waals surface area (Å²) < 4.78 is 26.2. The van der Waals surface area contributed by atoms with Crippen molar-refractivity contribution >= 4 is 15.9 Å². The van der Waals surface area contributed by atoms with Crippen molar-refractivity contribution in [2.24, 2.45) is 5.92 Å². The third kappa shape index (κ3) is 4.26. The molecule has 1 aromatic rings. The first-order valence-electron chi connectivity index (χ1n) is 6.98. The van der Waals surface area contributed by atoms with E-state index in [0.29, 0.717) is 0 Å². The average molecular weight is 312 g/mol. The van der Waals surface area contributed by atoms with E-state index in [9.17, 15) is 18.3 Å². The molecule has 1 saturated carbocycles. The van der Waals surface area contributed by atoms with Gasteiger partial charge in [0, 0.05) is 18.6 Å². The number of nitrogens with one attached hydrogen (secondary N) is 2. The summed E-state index contributed by atoms with van der Waals surface area (Å²) in [5, 5.41) is 12.0. The molecule has 0 aromatic heterocycles. The molecule has 0 radical (unpaired) electrons. The topological polar surface area (TPSA) is 95.5 Å². The van der Waals surface area contributed by atoms with Gasteiger partial charge in [0.05, 0.1) is 11.4 Å². The molecule has 2 atom stereocenters. The highest BCUT2D eigenvalue weighted by Gasteiger charge is 2.28. The smallest absolute Gasteiger partial charge is 0.241 e. The molecule has 6 nitrogen and oxygen atoms in total. The van der Waals surface area contributed by atoms with Crippen LogP contribution in [0.15, 0.2) is 35.2 Å². The van der Waals surface area contributed by atoms with Crippen molar-refractivity contribution in [3.05, 3.63) is 30.3 Å². The largest absolute Gasteiger partial charge is 0.396 e. The van der Waals surface area contributed by atoms with Crippen molar-refractivity contribution in [1.82, 2.24) is 10.0 Å². The van der Waals surface area contributed by atoms with E-state index in [2.05, 4.69) is 10.0 Å². The summed E-state index contributed by atoms with van der Waals surface area (Å²) in [6, 6.07) is 7.85. The second-order valence-corrected chi connectivity index (χ2v) is 6.95. The van der Waals surface area contributed by atoms with Crippen LogP contribution in [0.1, 0.15) is 19.3 Å². The van der Waals surface area contributed by atoms with Crippen molar-refractivity contribution in [2.45, 2.75) is 30.2 Å². The Balaban J connectivity index is 1.87. The number of sulfonamides is 1. The number of amides is 1. The summed E-state index contributed by atoms with van der Waals surface area (Å²) in [5.41, 5.74) is 0. The maximum Gasteiger partial charge on any atom is 0.241 e. The van der Waals surface area contributed by atoms with Gasteiger partial charge in [-0.3, -0.25) is 4.79 Å². The van der Waals surface area contributed by atoms with Crippen molar-refractivity contribution in [3.8, 4) is 0 Å². The fourth-order valence-electron chi connectivity index (χ4n) is 2.55. The molecular weight excluding hydrogens is 292 g/mol. The lowest BCUT2D eigenvalue weighted by atomic mass is 10.1. The molecule has 0 saturated heterocycles. The molecule has 3 N–H and O–H groups in total. The van der Waals surface area contributed by atoms with Crippen LogP contribution in [0.25, 0.3) is 0 Å². The number of aliphatic hydroxyl groups excluding tert-OH is 1. The van der Waals surface area contributed by atoms with Crippen LogP contribution in [0.2, 0.25) is 0 Å². The van der Waals surface area contributed by atoms with Crippen molar-refractivity contribution in [3.63, 3.8) is 0 Å². The molecule has 0 spiro atoms. The summed E-state index contributed by atoms with van der Waals surface area (Å²) in [5.74, 6) is -0.306. The SMILES string of the molecule is O=C(CNS(=O)(=O)c1ccccc1)NC1CCCC1CO. The van der Waals surface area contributed by atoms with Gasteiger partial charge in [-0.15, -0.1) is 0 Å². The van der Waals surface area contributed by atoms with Gasteiger partial charge in [-0.2, -0.15) is 0 Å². The van der Waals surface area contributed by atoms with Crippen LogP contribution in [0.3, 0.4) is 0 Å². The van der Waals surface area contributed by atoms with Crippen LogP contribution in [-0.2, 0) is 14.8 Å². The van der Waals surface area contributed by atoms with E-state index in [4.69, 9.17) is 0 Å². The zero-order valence-corrected chi connectivity index (χ0v) is 12.5. The van der Waals surface area contributed by atoms with Crippen molar-refractivity contribution in [2.75, 3.05) is 13.2 Å². The molecule has 1 fully saturated rings. The van der Waals surface area contributed by atoms with E-state index in [1.807, 2.05) is 0 Å². The van der Waals surface area contributed by atoms with Gasteiger partial charge in [0.25, 0.3) is 0 Å². The van der Waals surface area contributed by atoms with Crippen LogP contribution in [-0.4, -0.2) is 38.6 Å². The lowest BCUT2D eigenvalue weighted by molar-refractivity contribution is -0.121. The molecule has 0 aliphatic heterocycles. The van der Waals surface area contributed by atoms with Crippen LogP contribution in [0.5, 0.6) is 0 Å². The molecule has 21 heavy (non-hydrogen) atoms. The number of carbonyl (C=O) groups excluding carboxylic acids is 1. The second-order valence-electron chi connectivity index (χ2n) is 5.19. The Kier molecular flexibility index (Phi) is 5.33. The van der Waals surface area contributed by atoms with Crippen molar-refractivity contribution < 1.29 is 18.3 Å². The van der Waals surface area contributed by atoms with Crippen molar-refractivity contribution in [1.29, 1.82) is 0 Å². The normalized spacial score (nSPS) is 22.1. The van der Waals surface area contributed by atoms with Crippen LogP contribution in [0, 0.1) is 5.92 Å². The monoisotopic (exact) mass is 312 g/mol. The third-order valence-corrected chi connectivity index (χ3v) is 5.13. The molecule has 116 valence electrons. The molecule has 1 aliphatic rings. The minimum Gasteiger partial charge on any atom is -0.396 e. The van der Waals surface area contributed by atoms with Crippen LogP contribution in [0.4, 0.5) is 0 Å². The molecule has 1 aromatic carbocycles. The summed E-state index contributed by atoms with van der Waals surface area (Å²) in [4.78, 5) is 12.0. The fraction of sp³-hybridized carbons (Fsp3) is 0.500. The van der Waals surface area contributed by atoms with Gasteiger partial charge >= 0.3 is 0 Å². The number of carbonyl (C=O) groups is 1. The third-order valence-electron chi connectivity index (χ3n) is 3.72. The Morgan fingerprint density at radius 2 is 1.95 bits per heavy atom. The Morgan fingerprint density at radius 3 is 2.62 bits per heavy atom. The molecule has 2 unspecified atom stereocenters. The number of rotatable bonds is 6. The molecule has 1 amide bonds. The Bertz CT molecular complexity index is 574. The van der Waals surface area contributed by atoms with E-state index < -0.39 is 10.0 Å². The lowest BCUT2D eigenvalue weighted by Gasteiger charge is -2.19. The fourth-order valence-corrected chi connectivity index (χ4v) is 3.55. The van der Waals surface area contributed by atoms with Crippen LogP contribution < -0.4 is 10.0 Å². The van der Waals surface area contributed by atoms with Gasteiger partial charge in [-0.1, -0.05) is 24.6 Å². The standard InChI is InChI=1S/C14H20N2O4S/c17-10-11-5-4-8-13(11)16-14(18)9-15-21(19,20)12-6-2-1-3-7-12/h1-3,6-7,11,13,15,17H,4-5,8-10H2,(H,16,18). The second kappa shape index (κ2) is 7.02. The van der Waals surface area contributed by atoms with E-state index in [0.717, 1.165) is 19.3 Å². The summed E-state index contributed by atoms with van der Waals surface area (Å²) in [6.07, 6.45) is 2.67. The zero-order valence-electron chi connectivity index (χ0n) is 11.7. The molecule has 2 rings (SSSR count).